The Morgan fingerprint density at radius 2 is 0.877 bits per heavy atom. The van der Waals surface area contributed by atoms with Crippen LogP contribution >= 0.6 is 0 Å². The predicted octanol–water partition coefficient (Wildman–Crippen LogP) is 13.3. The van der Waals surface area contributed by atoms with Crippen LogP contribution in [0.4, 0.5) is 0 Å². The van der Waals surface area contributed by atoms with E-state index >= 15 is 0 Å². The molecule has 57 heavy (non-hydrogen) atoms. The van der Waals surface area contributed by atoms with E-state index in [2.05, 4.69) is 103 Å². The van der Waals surface area contributed by atoms with Gasteiger partial charge in [-0.25, -0.2) is 15.0 Å². The molecule has 0 saturated carbocycles. The summed E-state index contributed by atoms with van der Waals surface area (Å²) in [5.41, 5.74) is 13.2. The van der Waals surface area contributed by atoms with Crippen LogP contribution in [0.1, 0.15) is 5.56 Å². The molecule has 5 heteroatoms. The van der Waals surface area contributed by atoms with Crippen molar-refractivity contribution in [2.45, 2.75) is 0 Å². The summed E-state index contributed by atoms with van der Waals surface area (Å²) in [7, 11) is 0. The number of nitriles is 1. The predicted molar refractivity (Wildman–Crippen MR) is 230 cm³/mol. The first-order valence-electron chi connectivity index (χ1n) is 18.8. The average Bonchev–Trinajstić information content (AvgIpc) is 3.68. The summed E-state index contributed by atoms with van der Waals surface area (Å²) in [4.78, 5) is 15.0. The van der Waals surface area contributed by atoms with Gasteiger partial charge < -0.3 is 4.42 Å². The van der Waals surface area contributed by atoms with Crippen LogP contribution in [0.2, 0.25) is 0 Å². The van der Waals surface area contributed by atoms with Crippen molar-refractivity contribution in [2.75, 3.05) is 0 Å². The van der Waals surface area contributed by atoms with E-state index in [4.69, 9.17) is 19.4 Å². The van der Waals surface area contributed by atoms with Crippen LogP contribution in [-0.2, 0) is 0 Å². The lowest BCUT2D eigenvalue weighted by atomic mass is 9.93. The van der Waals surface area contributed by atoms with E-state index in [0.717, 1.165) is 77.6 Å². The third-order valence-electron chi connectivity index (χ3n) is 10.4. The van der Waals surface area contributed by atoms with Crippen molar-refractivity contribution in [3.63, 3.8) is 0 Å². The lowest BCUT2D eigenvalue weighted by Crippen LogP contribution is -2.00. The molecule has 0 aliphatic rings. The van der Waals surface area contributed by atoms with Gasteiger partial charge in [-0.05, 0) is 69.3 Å². The molecule has 5 nitrogen and oxygen atoms in total. The second-order valence-corrected chi connectivity index (χ2v) is 13.9. The largest absolute Gasteiger partial charge is 0.455 e. The van der Waals surface area contributed by atoms with E-state index in [1.54, 1.807) is 0 Å². The van der Waals surface area contributed by atoms with Gasteiger partial charge in [-0.3, -0.25) is 0 Å². The Labute approximate surface area is 329 Å². The molecule has 0 radical (unpaired) electrons. The summed E-state index contributed by atoms with van der Waals surface area (Å²) in [6, 6.07) is 68.1. The number of fused-ring (bicyclic) bond motifs is 3. The van der Waals surface area contributed by atoms with E-state index in [-0.39, 0.29) is 0 Å². The van der Waals surface area contributed by atoms with Crippen molar-refractivity contribution in [1.29, 1.82) is 5.26 Å². The highest BCUT2D eigenvalue weighted by atomic mass is 16.3. The first-order valence-corrected chi connectivity index (χ1v) is 18.8. The molecule has 266 valence electrons. The minimum atomic E-state index is 0.541. The lowest BCUT2D eigenvalue weighted by Gasteiger charge is -2.10. The highest BCUT2D eigenvalue weighted by Gasteiger charge is 2.20. The Balaban J connectivity index is 1.13. The summed E-state index contributed by atoms with van der Waals surface area (Å²) in [5.74, 6) is 1.67. The van der Waals surface area contributed by atoms with Crippen LogP contribution in [0, 0.1) is 11.3 Å². The number of hydrogen-bond acceptors (Lipinski definition) is 5. The molecule has 10 rings (SSSR count). The Morgan fingerprint density at radius 3 is 1.58 bits per heavy atom. The van der Waals surface area contributed by atoms with Crippen molar-refractivity contribution in [1.82, 2.24) is 15.0 Å². The molecule has 0 bridgehead atoms. The van der Waals surface area contributed by atoms with Gasteiger partial charge in [0.05, 0.1) is 11.6 Å². The lowest BCUT2D eigenvalue weighted by molar-refractivity contribution is 0.670. The fourth-order valence-electron chi connectivity index (χ4n) is 7.58. The van der Waals surface area contributed by atoms with Gasteiger partial charge in [0.1, 0.15) is 11.2 Å². The molecule has 0 saturated heterocycles. The van der Waals surface area contributed by atoms with Gasteiger partial charge in [-0.1, -0.05) is 164 Å². The standard InChI is InChI=1S/C52H32N4O/c53-33-42-19-10-11-22-43(42)36-23-25-38(26-24-36)51-54-50(37-17-8-3-9-18-37)55-52(56-51)41-27-28-46-47(32-41)57-49-45(35-15-6-2-7-16-35)30-29-44(48(46)49)40-21-12-20-39(31-40)34-13-4-1-5-14-34/h1-32H. The van der Waals surface area contributed by atoms with Gasteiger partial charge in [0.2, 0.25) is 0 Å². The first-order chi connectivity index (χ1) is 28.2. The van der Waals surface area contributed by atoms with Crippen LogP contribution in [0.15, 0.2) is 199 Å². The molecular weight excluding hydrogens is 697 g/mol. The highest BCUT2D eigenvalue weighted by Crippen LogP contribution is 2.43. The molecule has 2 aromatic heterocycles. The van der Waals surface area contributed by atoms with Crippen molar-refractivity contribution in [2.24, 2.45) is 0 Å². The van der Waals surface area contributed by atoms with Gasteiger partial charge in [0, 0.05) is 33.0 Å². The number of hydrogen-bond donors (Lipinski definition) is 0. The average molecular weight is 729 g/mol. The molecule has 0 spiro atoms. The van der Waals surface area contributed by atoms with E-state index in [1.807, 2.05) is 97.1 Å². The fourth-order valence-corrected chi connectivity index (χ4v) is 7.58. The Kier molecular flexibility index (Phi) is 8.48. The topological polar surface area (TPSA) is 75.6 Å². The van der Waals surface area contributed by atoms with Crippen molar-refractivity contribution < 1.29 is 4.42 Å². The summed E-state index contributed by atoms with van der Waals surface area (Å²) < 4.78 is 6.89. The molecular formula is C52H32N4O. The molecule has 8 aromatic carbocycles. The van der Waals surface area contributed by atoms with Crippen LogP contribution in [0.3, 0.4) is 0 Å². The molecule has 10 aromatic rings. The van der Waals surface area contributed by atoms with Crippen LogP contribution < -0.4 is 0 Å². The third-order valence-corrected chi connectivity index (χ3v) is 10.4. The van der Waals surface area contributed by atoms with E-state index in [9.17, 15) is 5.26 Å². The number of nitrogens with zero attached hydrogens (tertiary/aromatic N) is 4. The molecule has 0 atom stereocenters. The Morgan fingerprint density at radius 1 is 0.368 bits per heavy atom. The number of aromatic nitrogens is 3. The molecule has 0 amide bonds. The van der Waals surface area contributed by atoms with Crippen molar-refractivity contribution in [3.8, 4) is 84.7 Å². The van der Waals surface area contributed by atoms with Gasteiger partial charge in [0.25, 0.3) is 0 Å². The normalized spacial score (nSPS) is 11.1. The number of benzene rings is 8. The quantitative estimate of drug-likeness (QED) is 0.163. The van der Waals surface area contributed by atoms with Crippen molar-refractivity contribution >= 4 is 21.9 Å². The third kappa shape index (κ3) is 6.32. The molecule has 0 N–H and O–H groups in total. The summed E-state index contributed by atoms with van der Waals surface area (Å²) >= 11 is 0. The highest BCUT2D eigenvalue weighted by molar-refractivity contribution is 6.16. The molecule has 0 unspecified atom stereocenters. The summed E-state index contributed by atoms with van der Waals surface area (Å²) in [6.45, 7) is 0. The maximum atomic E-state index is 9.69. The zero-order valence-corrected chi connectivity index (χ0v) is 30.7. The summed E-state index contributed by atoms with van der Waals surface area (Å²) in [6.07, 6.45) is 0. The number of furan rings is 1. The van der Waals surface area contributed by atoms with Gasteiger partial charge in [0.15, 0.2) is 17.5 Å². The zero-order chi connectivity index (χ0) is 38.1. The van der Waals surface area contributed by atoms with E-state index in [0.29, 0.717) is 23.0 Å². The Hall–Kier alpha value is -7.94. The second kappa shape index (κ2) is 14.4. The smallest absolute Gasteiger partial charge is 0.164 e. The fraction of sp³-hybridized carbons (Fsp3) is 0. The van der Waals surface area contributed by atoms with Crippen LogP contribution in [0.5, 0.6) is 0 Å². The van der Waals surface area contributed by atoms with Gasteiger partial charge in [-0.2, -0.15) is 5.26 Å². The monoisotopic (exact) mass is 728 g/mol. The Bertz CT molecular complexity index is 3110. The summed E-state index contributed by atoms with van der Waals surface area (Å²) in [5, 5.41) is 11.8. The van der Waals surface area contributed by atoms with Crippen LogP contribution in [-0.4, -0.2) is 15.0 Å². The minimum Gasteiger partial charge on any atom is -0.455 e. The van der Waals surface area contributed by atoms with Crippen LogP contribution in [0.25, 0.3) is 101 Å². The maximum absolute atomic E-state index is 9.69. The number of rotatable bonds is 7. The van der Waals surface area contributed by atoms with Gasteiger partial charge in [-0.15, -0.1) is 0 Å². The van der Waals surface area contributed by atoms with Crippen molar-refractivity contribution in [3.05, 3.63) is 200 Å². The molecule has 0 fully saturated rings. The first kappa shape index (κ1) is 33.6. The molecule has 2 heterocycles. The maximum Gasteiger partial charge on any atom is 0.164 e. The molecule has 0 aliphatic heterocycles. The van der Waals surface area contributed by atoms with E-state index < -0.39 is 0 Å². The molecule has 0 aliphatic carbocycles. The van der Waals surface area contributed by atoms with E-state index in [1.165, 1.54) is 5.56 Å². The van der Waals surface area contributed by atoms with Gasteiger partial charge >= 0.3 is 0 Å². The zero-order valence-electron chi connectivity index (χ0n) is 30.7. The SMILES string of the molecule is N#Cc1ccccc1-c1ccc(-c2nc(-c3ccccc3)nc(-c3ccc4c(c3)oc3c(-c5ccccc5)ccc(-c5cccc(-c6ccccc6)c5)c34)n2)cc1. The second-order valence-electron chi connectivity index (χ2n) is 13.9. The minimum absolute atomic E-state index is 0.541.